The summed E-state index contributed by atoms with van der Waals surface area (Å²) < 4.78 is 17.8. The van der Waals surface area contributed by atoms with Crippen LogP contribution in [0.25, 0.3) is 0 Å². The molecule has 2 N–H and O–H groups in total. The van der Waals surface area contributed by atoms with Crippen molar-refractivity contribution in [2.75, 3.05) is 32.0 Å². The van der Waals surface area contributed by atoms with Gasteiger partial charge in [-0.1, -0.05) is 29.3 Å². The summed E-state index contributed by atoms with van der Waals surface area (Å²) in [4.78, 5) is 22.1. The minimum atomic E-state index is -0.781. The van der Waals surface area contributed by atoms with Gasteiger partial charge in [-0.15, -0.1) is 0 Å². The standard InChI is InChI=1S/C22H21Cl2N5O4/c1-11-8-17(30)29-20(12-9-15(31-2)19(33-4)16(10-12)32-3)27-21(28-22(29)25-11)26-14-7-5-6-13(23)18(14)24/h5-10,20H,1-4H3,(H2,25,26,27,28). The Hall–Kier alpha value is -3.43. The van der Waals surface area contributed by atoms with E-state index in [9.17, 15) is 4.79 Å². The molecule has 1 unspecified atom stereocenters. The molecule has 2 heterocycles. The SMILES string of the molecule is COc1cc(C2N=C(Nc3cccc(Cl)c3Cl)Nc3nc(C)cc(=O)n32)cc(OC)c1OC. The smallest absolute Gasteiger partial charge is 0.257 e. The first-order valence-electron chi connectivity index (χ1n) is 9.82. The third kappa shape index (κ3) is 4.29. The fourth-order valence-corrected chi connectivity index (χ4v) is 3.86. The van der Waals surface area contributed by atoms with Crippen molar-refractivity contribution in [3.63, 3.8) is 0 Å². The molecule has 1 atom stereocenters. The van der Waals surface area contributed by atoms with Crippen LogP contribution in [0.4, 0.5) is 11.6 Å². The Labute approximate surface area is 199 Å². The largest absolute Gasteiger partial charge is 0.493 e. The molecule has 0 fully saturated rings. The van der Waals surface area contributed by atoms with Gasteiger partial charge in [0.15, 0.2) is 17.7 Å². The number of methoxy groups -OCH3 is 3. The number of benzene rings is 2. The van der Waals surface area contributed by atoms with E-state index in [4.69, 9.17) is 42.4 Å². The molecule has 2 aromatic carbocycles. The number of nitrogens with one attached hydrogen (secondary N) is 2. The molecule has 0 radical (unpaired) electrons. The van der Waals surface area contributed by atoms with Crippen LogP contribution in [0.2, 0.25) is 10.0 Å². The summed E-state index contributed by atoms with van der Waals surface area (Å²) in [6.07, 6.45) is -0.781. The lowest BCUT2D eigenvalue weighted by Crippen LogP contribution is -2.37. The molecule has 0 saturated heterocycles. The van der Waals surface area contributed by atoms with E-state index >= 15 is 0 Å². The van der Waals surface area contributed by atoms with E-state index in [1.807, 2.05) is 0 Å². The second kappa shape index (κ2) is 9.21. The molecule has 33 heavy (non-hydrogen) atoms. The third-order valence-corrected chi connectivity index (χ3v) is 5.82. The number of anilines is 2. The quantitative estimate of drug-likeness (QED) is 0.550. The number of halogens is 2. The predicted octanol–water partition coefficient (Wildman–Crippen LogP) is 4.32. The van der Waals surface area contributed by atoms with Crippen LogP contribution < -0.4 is 30.4 Å². The maximum Gasteiger partial charge on any atom is 0.257 e. The lowest BCUT2D eigenvalue weighted by Gasteiger charge is -2.28. The summed E-state index contributed by atoms with van der Waals surface area (Å²) >= 11 is 12.5. The number of aromatic nitrogens is 2. The van der Waals surface area contributed by atoms with Gasteiger partial charge in [0, 0.05) is 17.3 Å². The van der Waals surface area contributed by atoms with Crippen LogP contribution in [0.1, 0.15) is 17.4 Å². The molecule has 1 aromatic heterocycles. The van der Waals surface area contributed by atoms with Gasteiger partial charge in [-0.25, -0.2) is 9.98 Å². The van der Waals surface area contributed by atoms with Crippen LogP contribution >= 0.6 is 23.2 Å². The molecule has 1 aliphatic rings. The van der Waals surface area contributed by atoms with Crippen molar-refractivity contribution < 1.29 is 14.2 Å². The van der Waals surface area contributed by atoms with E-state index in [1.165, 1.54) is 32.0 Å². The van der Waals surface area contributed by atoms with E-state index in [0.717, 1.165) is 0 Å². The van der Waals surface area contributed by atoms with E-state index in [1.54, 1.807) is 37.3 Å². The average molecular weight is 490 g/mol. The van der Waals surface area contributed by atoms with E-state index in [2.05, 4.69) is 15.6 Å². The van der Waals surface area contributed by atoms with Crippen LogP contribution in [0.15, 0.2) is 46.2 Å². The van der Waals surface area contributed by atoms with Crippen LogP contribution in [0, 0.1) is 6.92 Å². The Morgan fingerprint density at radius 3 is 2.39 bits per heavy atom. The van der Waals surface area contributed by atoms with Gasteiger partial charge in [-0.2, -0.15) is 0 Å². The molecule has 0 amide bonds. The number of aryl methyl sites for hydroxylation is 1. The summed E-state index contributed by atoms with van der Waals surface area (Å²) in [5.74, 6) is 1.94. The van der Waals surface area contributed by atoms with Gasteiger partial charge in [0.25, 0.3) is 5.56 Å². The van der Waals surface area contributed by atoms with Crippen LogP contribution in [0.3, 0.4) is 0 Å². The molecule has 172 valence electrons. The molecule has 0 spiro atoms. The van der Waals surface area contributed by atoms with Gasteiger partial charge in [0.1, 0.15) is 0 Å². The molecule has 0 bridgehead atoms. The minimum absolute atomic E-state index is 0.271. The number of fused-ring (bicyclic) bond motifs is 1. The van der Waals surface area contributed by atoms with Crippen LogP contribution in [-0.2, 0) is 0 Å². The van der Waals surface area contributed by atoms with Crippen molar-refractivity contribution in [1.82, 2.24) is 9.55 Å². The minimum Gasteiger partial charge on any atom is -0.493 e. The van der Waals surface area contributed by atoms with Gasteiger partial charge >= 0.3 is 0 Å². The van der Waals surface area contributed by atoms with Crippen LogP contribution in [-0.4, -0.2) is 36.8 Å². The fraction of sp³-hybridized carbons (Fsp3) is 0.227. The van der Waals surface area contributed by atoms with Gasteiger partial charge in [-0.3, -0.25) is 14.7 Å². The van der Waals surface area contributed by atoms with Gasteiger partial charge in [0.05, 0.1) is 37.1 Å². The molecule has 1 aliphatic heterocycles. The molecular weight excluding hydrogens is 469 g/mol. The average Bonchev–Trinajstić information content (AvgIpc) is 2.80. The van der Waals surface area contributed by atoms with Gasteiger partial charge in [0.2, 0.25) is 17.7 Å². The second-order valence-corrected chi connectivity index (χ2v) is 7.88. The predicted molar refractivity (Wildman–Crippen MR) is 129 cm³/mol. The van der Waals surface area contributed by atoms with E-state index in [-0.39, 0.29) is 5.56 Å². The van der Waals surface area contributed by atoms with Crippen molar-refractivity contribution in [2.24, 2.45) is 4.99 Å². The summed E-state index contributed by atoms with van der Waals surface area (Å²) in [7, 11) is 4.56. The molecule has 4 rings (SSSR count). The summed E-state index contributed by atoms with van der Waals surface area (Å²) in [6.45, 7) is 1.74. The number of hydrogen-bond acceptors (Lipinski definition) is 8. The highest BCUT2D eigenvalue weighted by atomic mass is 35.5. The first-order chi connectivity index (χ1) is 15.9. The summed E-state index contributed by atoms with van der Waals surface area (Å²) in [5, 5.41) is 6.92. The number of nitrogens with zero attached hydrogens (tertiary/aromatic N) is 3. The maximum absolute atomic E-state index is 12.9. The van der Waals surface area contributed by atoms with Crippen molar-refractivity contribution in [2.45, 2.75) is 13.1 Å². The number of hydrogen-bond donors (Lipinski definition) is 2. The highest BCUT2D eigenvalue weighted by Gasteiger charge is 2.28. The van der Waals surface area contributed by atoms with E-state index in [0.29, 0.717) is 56.1 Å². The summed E-state index contributed by atoms with van der Waals surface area (Å²) in [5.41, 5.74) is 1.45. The Balaban J connectivity index is 1.88. The van der Waals surface area contributed by atoms with Crippen LogP contribution in [0.5, 0.6) is 17.2 Å². The van der Waals surface area contributed by atoms with Gasteiger partial charge < -0.3 is 19.5 Å². The van der Waals surface area contributed by atoms with E-state index < -0.39 is 6.17 Å². The fourth-order valence-electron chi connectivity index (χ4n) is 3.51. The number of ether oxygens (including phenoxy) is 3. The molecule has 9 nitrogen and oxygen atoms in total. The number of rotatable bonds is 5. The molecule has 0 aliphatic carbocycles. The zero-order valence-corrected chi connectivity index (χ0v) is 19.8. The lowest BCUT2D eigenvalue weighted by atomic mass is 10.1. The Morgan fingerprint density at radius 1 is 1.06 bits per heavy atom. The van der Waals surface area contributed by atoms with Crippen molar-refractivity contribution >= 4 is 40.8 Å². The van der Waals surface area contributed by atoms with Gasteiger partial charge in [-0.05, 0) is 31.2 Å². The molecule has 0 saturated carbocycles. The Kier molecular flexibility index (Phi) is 6.35. The normalized spacial score (nSPS) is 14.6. The zero-order chi connectivity index (χ0) is 23.7. The third-order valence-electron chi connectivity index (χ3n) is 5.00. The maximum atomic E-state index is 12.9. The zero-order valence-electron chi connectivity index (χ0n) is 18.3. The highest BCUT2D eigenvalue weighted by Crippen LogP contribution is 2.41. The molecule has 11 heteroatoms. The first kappa shape index (κ1) is 22.8. The monoisotopic (exact) mass is 489 g/mol. The van der Waals surface area contributed by atoms with Crippen molar-refractivity contribution in [3.8, 4) is 17.2 Å². The Bertz CT molecular complexity index is 1280. The summed E-state index contributed by atoms with van der Waals surface area (Å²) in [6, 6.07) is 10.1. The lowest BCUT2D eigenvalue weighted by molar-refractivity contribution is 0.323. The highest BCUT2D eigenvalue weighted by molar-refractivity contribution is 6.44. The topological polar surface area (TPSA) is 99.0 Å². The number of guanidine groups is 1. The Morgan fingerprint density at radius 2 is 1.76 bits per heavy atom. The second-order valence-electron chi connectivity index (χ2n) is 7.09. The van der Waals surface area contributed by atoms with Crippen molar-refractivity contribution in [1.29, 1.82) is 0 Å². The molecular formula is C22H21Cl2N5O4. The number of aliphatic imine (C=N–C) groups is 1. The van der Waals surface area contributed by atoms with Crippen molar-refractivity contribution in [3.05, 3.63) is 68.1 Å². The first-order valence-corrected chi connectivity index (χ1v) is 10.6. The molecule has 3 aromatic rings.